The number of hydrogen-bond acceptors (Lipinski definition) is 6. The molecule has 2 aliphatic rings. The molecule has 1 saturated heterocycles. The van der Waals surface area contributed by atoms with Crippen LogP contribution in [0.4, 0.5) is 15.8 Å². The van der Waals surface area contributed by atoms with Crippen molar-refractivity contribution in [2.24, 2.45) is 0 Å². The minimum atomic E-state index is -0.634. The fraction of sp³-hybridized carbons (Fsp3) is 0.409. The maximum Gasteiger partial charge on any atom is 0.269 e. The van der Waals surface area contributed by atoms with Gasteiger partial charge in [-0.3, -0.25) is 14.5 Å². The van der Waals surface area contributed by atoms with Gasteiger partial charge in [0.05, 0.1) is 11.4 Å². The Morgan fingerprint density at radius 2 is 2.03 bits per heavy atom. The predicted molar refractivity (Wildman–Crippen MR) is 115 cm³/mol. The molecule has 2 N–H and O–H groups in total. The third-order valence-corrected chi connectivity index (χ3v) is 5.64. The summed E-state index contributed by atoms with van der Waals surface area (Å²) in [5, 5.41) is 5.37. The second-order valence-corrected chi connectivity index (χ2v) is 7.68. The zero-order chi connectivity index (χ0) is 22.0. The van der Waals surface area contributed by atoms with E-state index < -0.39 is 18.0 Å². The Hall–Kier alpha value is -3.20. The fourth-order valence-corrected chi connectivity index (χ4v) is 3.89. The minimum Gasteiger partial charge on any atom is -0.478 e. The third kappa shape index (κ3) is 4.46. The molecule has 0 bridgehead atoms. The zero-order valence-corrected chi connectivity index (χ0v) is 17.7. The molecular formula is C22H26FN5O3. The second-order valence-electron chi connectivity index (χ2n) is 7.68. The Kier molecular flexibility index (Phi) is 6.03. The second kappa shape index (κ2) is 8.89. The number of nitrogens with zero attached hydrogens (tertiary/aromatic N) is 3. The predicted octanol–water partition coefficient (Wildman–Crippen LogP) is 2.01. The van der Waals surface area contributed by atoms with Crippen LogP contribution in [-0.2, 0) is 11.3 Å². The van der Waals surface area contributed by atoms with Gasteiger partial charge in [-0.05, 0) is 36.2 Å². The highest BCUT2D eigenvalue weighted by molar-refractivity contribution is 5.97. The lowest BCUT2D eigenvalue weighted by Gasteiger charge is -2.36. The van der Waals surface area contributed by atoms with Gasteiger partial charge in [-0.2, -0.15) is 4.39 Å². The summed E-state index contributed by atoms with van der Waals surface area (Å²) in [7, 11) is 1.49. The molecule has 1 atom stereocenters. The first kappa shape index (κ1) is 21.0. The number of hydrogen-bond donors (Lipinski definition) is 2. The first-order chi connectivity index (χ1) is 15.0. The number of amides is 2. The molecule has 164 valence electrons. The van der Waals surface area contributed by atoms with E-state index in [2.05, 4.69) is 20.5 Å². The minimum absolute atomic E-state index is 0.0659. The smallest absolute Gasteiger partial charge is 0.269 e. The largest absolute Gasteiger partial charge is 0.478 e. The van der Waals surface area contributed by atoms with Crippen LogP contribution >= 0.6 is 0 Å². The standard InChI is InChI=1S/C22H26FN5O3/c1-3-18-22(30)26-16-12-14(4-7-19(16)31-18)13-27-8-10-28(11-9-27)17-6-5-15(21(29)24-2)25-20(17)23/h4-7,12,18H,3,8-11,13H2,1-2H3,(H,24,29)(H,26,30)/t18-/m1/s1. The molecule has 0 spiro atoms. The van der Waals surface area contributed by atoms with Gasteiger partial charge in [-0.15, -0.1) is 0 Å². The lowest BCUT2D eigenvalue weighted by atomic mass is 10.1. The van der Waals surface area contributed by atoms with Crippen molar-refractivity contribution in [1.29, 1.82) is 0 Å². The normalized spacial score (nSPS) is 18.7. The van der Waals surface area contributed by atoms with E-state index in [4.69, 9.17) is 4.74 Å². The summed E-state index contributed by atoms with van der Waals surface area (Å²) in [6, 6.07) is 9.01. The van der Waals surface area contributed by atoms with Crippen LogP contribution in [0.3, 0.4) is 0 Å². The molecule has 9 heteroatoms. The fourth-order valence-electron chi connectivity index (χ4n) is 3.89. The molecule has 1 aromatic heterocycles. The molecule has 8 nitrogen and oxygen atoms in total. The van der Waals surface area contributed by atoms with Gasteiger partial charge in [0.15, 0.2) is 6.10 Å². The molecule has 0 radical (unpaired) electrons. The average Bonchev–Trinajstić information content (AvgIpc) is 2.78. The van der Waals surface area contributed by atoms with Crippen molar-refractivity contribution in [1.82, 2.24) is 15.2 Å². The van der Waals surface area contributed by atoms with Crippen LogP contribution in [0.25, 0.3) is 0 Å². The zero-order valence-electron chi connectivity index (χ0n) is 17.7. The highest BCUT2D eigenvalue weighted by Gasteiger charge is 2.26. The van der Waals surface area contributed by atoms with E-state index in [1.807, 2.05) is 30.0 Å². The van der Waals surface area contributed by atoms with Crippen molar-refractivity contribution in [3.63, 3.8) is 0 Å². The van der Waals surface area contributed by atoms with E-state index in [0.29, 0.717) is 36.6 Å². The highest BCUT2D eigenvalue weighted by atomic mass is 19.1. The number of aromatic nitrogens is 1. The number of carbonyl (C=O) groups is 2. The van der Waals surface area contributed by atoms with Crippen LogP contribution < -0.4 is 20.3 Å². The lowest BCUT2D eigenvalue weighted by molar-refractivity contribution is -0.123. The molecule has 0 saturated carbocycles. The number of halogens is 1. The van der Waals surface area contributed by atoms with E-state index in [9.17, 15) is 14.0 Å². The van der Waals surface area contributed by atoms with E-state index in [1.54, 1.807) is 6.07 Å². The van der Waals surface area contributed by atoms with Crippen LogP contribution in [0.5, 0.6) is 5.75 Å². The molecule has 3 heterocycles. The molecule has 2 aromatic rings. The Bertz CT molecular complexity index is 991. The highest BCUT2D eigenvalue weighted by Crippen LogP contribution is 2.31. The Balaban J connectivity index is 1.36. The number of rotatable bonds is 5. The number of benzene rings is 1. The maximum absolute atomic E-state index is 14.4. The monoisotopic (exact) mass is 427 g/mol. The number of piperazine rings is 1. The van der Waals surface area contributed by atoms with Crippen molar-refractivity contribution < 1.29 is 18.7 Å². The van der Waals surface area contributed by atoms with E-state index in [-0.39, 0.29) is 11.6 Å². The van der Waals surface area contributed by atoms with Crippen molar-refractivity contribution >= 4 is 23.2 Å². The van der Waals surface area contributed by atoms with Crippen molar-refractivity contribution in [2.45, 2.75) is 26.0 Å². The number of anilines is 2. The van der Waals surface area contributed by atoms with Crippen molar-refractivity contribution in [3.8, 4) is 5.75 Å². The number of ether oxygens (including phenoxy) is 1. The molecule has 2 amide bonds. The van der Waals surface area contributed by atoms with Crippen molar-refractivity contribution in [2.75, 3.05) is 43.4 Å². The average molecular weight is 427 g/mol. The molecule has 31 heavy (non-hydrogen) atoms. The first-order valence-electron chi connectivity index (χ1n) is 10.4. The SMILES string of the molecule is CC[C@H]1Oc2ccc(CN3CCN(c4ccc(C(=O)NC)nc4F)CC3)cc2NC1=O. The van der Waals surface area contributed by atoms with Gasteiger partial charge < -0.3 is 20.3 Å². The van der Waals surface area contributed by atoms with E-state index in [1.165, 1.54) is 13.1 Å². The molecule has 1 aromatic carbocycles. The molecule has 0 aliphatic carbocycles. The summed E-state index contributed by atoms with van der Waals surface area (Å²) in [4.78, 5) is 31.7. The van der Waals surface area contributed by atoms with Crippen LogP contribution in [0.1, 0.15) is 29.4 Å². The molecule has 0 unspecified atom stereocenters. The van der Waals surface area contributed by atoms with Crippen molar-refractivity contribution in [3.05, 3.63) is 47.5 Å². The van der Waals surface area contributed by atoms with E-state index >= 15 is 0 Å². The Morgan fingerprint density at radius 1 is 1.26 bits per heavy atom. The van der Waals surface area contributed by atoms with Crippen LogP contribution in [0, 0.1) is 5.95 Å². The van der Waals surface area contributed by atoms with Gasteiger partial charge in [-0.1, -0.05) is 13.0 Å². The number of nitrogens with one attached hydrogen (secondary N) is 2. The quantitative estimate of drug-likeness (QED) is 0.710. The van der Waals surface area contributed by atoms with E-state index in [0.717, 1.165) is 25.2 Å². The number of carbonyl (C=O) groups excluding carboxylic acids is 2. The third-order valence-electron chi connectivity index (χ3n) is 5.64. The maximum atomic E-state index is 14.4. The summed E-state index contributed by atoms with van der Waals surface area (Å²) in [6.45, 7) is 5.47. The summed E-state index contributed by atoms with van der Waals surface area (Å²) in [6.07, 6.45) is 0.189. The summed E-state index contributed by atoms with van der Waals surface area (Å²) in [5.41, 5.74) is 2.26. The molecular weight excluding hydrogens is 401 g/mol. The molecule has 2 aliphatic heterocycles. The summed E-state index contributed by atoms with van der Waals surface area (Å²) < 4.78 is 20.2. The Morgan fingerprint density at radius 3 is 2.71 bits per heavy atom. The number of fused-ring (bicyclic) bond motifs is 1. The number of pyridine rings is 1. The van der Waals surface area contributed by atoms with Crippen LogP contribution in [0.2, 0.25) is 0 Å². The van der Waals surface area contributed by atoms with Gasteiger partial charge in [0.25, 0.3) is 11.8 Å². The summed E-state index contributed by atoms with van der Waals surface area (Å²) >= 11 is 0. The summed E-state index contributed by atoms with van der Waals surface area (Å²) in [5.74, 6) is -0.459. The van der Waals surface area contributed by atoms with Gasteiger partial charge in [0, 0.05) is 39.8 Å². The Labute approximate surface area is 180 Å². The molecule has 4 rings (SSSR count). The molecule has 1 fully saturated rings. The van der Waals surface area contributed by atoms with Gasteiger partial charge >= 0.3 is 0 Å². The van der Waals surface area contributed by atoms with Crippen LogP contribution in [-0.4, -0.2) is 61.0 Å². The first-order valence-corrected chi connectivity index (χ1v) is 10.4. The van der Waals surface area contributed by atoms with Gasteiger partial charge in [0.1, 0.15) is 11.4 Å². The van der Waals surface area contributed by atoms with Gasteiger partial charge in [-0.25, -0.2) is 4.98 Å². The van der Waals surface area contributed by atoms with Crippen LogP contribution in [0.15, 0.2) is 30.3 Å². The lowest BCUT2D eigenvalue weighted by Crippen LogP contribution is -2.46. The van der Waals surface area contributed by atoms with Gasteiger partial charge in [0.2, 0.25) is 5.95 Å². The topological polar surface area (TPSA) is 86.8 Å².